The number of rotatable bonds is 4. The maximum absolute atomic E-state index is 12.9. The molecule has 1 heterocycles. The molecule has 1 aliphatic rings. The summed E-state index contributed by atoms with van der Waals surface area (Å²) in [5.74, 6) is 0.524. The van der Waals surface area contributed by atoms with Gasteiger partial charge in [0.2, 0.25) is 10.0 Å². The lowest BCUT2D eigenvalue weighted by molar-refractivity contribution is 0.0619. The molecule has 2 N–H and O–H groups in total. The molecule has 28 heavy (non-hydrogen) atoms. The van der Waals surface area contributed by atoms with Gasteiger partial charge in [-0.3, -0.25) is 9.52 Å². The predicted molar refractivity (Wildman–Crippen MR) is 110 cm³/mol. The number of fused-ring (bicyclic) bond motifs is 1. The van der Waals surface area contributed by atoms with E-state index in [0.29, 0.717) is 17.7 Å². The van der Waals surface area contributed by atoms with Crippen molar-refractivity contribution in [2.75, 3.05) is 11.0 Å². The van der Waals surface area contributed by atoms with Crippen LogP contribution in [-0.4, -0.2) is 26.2 Å². The fourth-order valence-corrected chi connectivity index (χ4v) is 4.02. The van der Waals surface area contributed by atoms with Gasteiger partial charge in [-0.25, -0.2) is 8.42 Å². The highest BCUT2D eigenvalue weighted by atomic mass is 32.2. The highest BCUT2D eigenvalue weighted by Gasteiger charge is 2.34. The zero-order valence-electron chi connectivity index (χ0n) is 16.8. The summed E-state index contributed by atoms with van der Waals surface area (Å²) in [4.78, 5) is 12.9. The minimum Gasteiger partial charge on any atom is -0.487 e. The molecule has 0 radical (unpaired) electrons. The Bertz CT molecular complexity index is 1030. The van der Waals surface area contributed by atoms with Crippen molar-refractivity contribution in [1.82, 2.24) is 5.32 Å². The van der Waals surface area contributed by atoms with Gasteiger partial charge in [0.05, 0.1) is 18.0 Å². The number of aryl methyl sites for hydroxylation is 2. The van der Waals surface area contributed by atoms with Gasteiger partial charge in [0.1, 0.15) is 11.4 Å². The summed E-state index contributed by atoms with van der Waals surface area (Å²) >= 11 is 0. The minimum atomic E-state index is -3.43. The Hall–Kier alpha value is -2.54. The SMILES string of the molecule is Cc1ccc2c(c1)OC(C)(C)C[C@@H]2NC(=O)c1ccc(C)c(NS(C)(=O)=O)c1. The summed E-state index contributed by atoms with van der Waals surface area (Å²) in [5.41, 5.74) is 3.18. The molecule has 1 atom stereocenters. The van der Waals surface area contributed by atoms with Gasteiger partial charge in [0, 0.05) is 17.5 Å². The number of carbonyl (C=O) groups is 1. The summed E-state index contributed by atoms with van der Waals surface area (Å²) in [6.45, 7) is 7.78. The Morgan fingerprint density at radius 2 is 1.86 bits per heavy atom. The van der Waals surface area contributed by atoms with Gasteiger partial charge < -0.3 is 10.1 Å². The Labute approximate surface area is 166 Å². The molecule has 0 fully saturated rings. The monoisotopic (exact) mass is 402 g/mol. The standard InChI is InChI=1S/C21H26N2O4S/c1-13-6-9-16-18(12-21(3,4)27-19(16)10-13)22-20(24)15-8-7-14(2)17(11-15)23-28(5,25)26/h6-11,18,23H,12H2,1-5H3,(H,22,24)/t18-/m0/s1. The fourth-order valence-electron chi connectivity index (χ4n) is 3.40. The van der Waals surface area contributed by atoms with Gasteiger partial charge in [-0.15, -0.1) is 0 Å². The van der Waals surface area contributed by atoms with Crippen molar-refractivity contribution >= 4 is 21.6 Å². The second-order valence-electron chi connectivity index (χ2n) is 8.04. The lowest BCUT2D eigenvalue weighted by atomic mass is 9.89. The van der Waals surface area contributed by atoms with E-state index in [0.717, 1.165) is 28.7 Å². The van der Waals surface area contributed by atoms with Crippen molar-refractivity contribution in [2.24, 2.45) is 0 Å². The molecule has 2 aromatic carbocycles. The van der Waals surface area contributed by atoms with Crippen molar-refractivity contribution in [3.8, 4) is 5.75 Å². The number of ether oxygens (including phenoxy) is 1. The average Bonchev–Trinajstić information content (AvgIpc) is 2.54. The van der Waals surface area contributed by atoms with Crippen LogP contribution in [0.5, 0.6) is 5.75 Å². The number of amides is 1. The largest absolute Gasteiger partial charge is 0.487 e. The highest BCUT2D eigenvalue weighted by molar-refractivity contribution is 7.92. The predicted octanol–water partition coefficient (Wildman–Crippen LogP) is 3.71. The smallest absolute Gasteiger partial charge is 0.251 e. The highest BCUT2D eigenvalue weighted by Crippen LogP contribution is 2.40. The molecule has 1 amide bonds. The van der Waals surface area contributed by atoms with Gasteiger partial charge in [-0.1, -0.05) is 18.2 Å². The molecule has 0 saturated heterocycles. The van der Waals surface area contributed by atoms with Gasteiger partial charge in [-0.05, 0) is 57.0 Å². The number of hydrogen-bond donors (Lipinski definition) is 2. The van der Waals surface area contributed by atoms with E-state index >= 15 is 0 Å². The lowest BCUT2D eigenvalue weighted by Crippen LogP contribution is -2.41. The number of benzene rings is 2. The molecule has 150 valence electrons. The van der Waals surface area contributed by atoms with E-state index in [4.69, 9.17) is 4.74 Å². The normalized spacial score (nSPS) is 18.0. The molecule has 0 saturated carbocycles. The summed E-state index contributed by atoms with van der Waals surface area (Å²) in [6.07, 6.45) is 1.72. The van der Waals surface area contributed by atoms with E-state index in [1.807, 2.05) is 39.0 Å². The van der Waals surface area contributed by atoms with Gasteiger partial charge in [0.15, 0.2) is 0 Å². The van der Waals surface area contributed by atoms with Gasteiger partial charge >= 0.3 is 0 Å². The van der Waals surface area contributed by atoms with Crippen molar-refractivity contribution in [3.05, 3.63) is 58.7 Å². The first kappa shape index (κ1) is 20.2. The molecule has 1 aliphatic heterocycles. The van der Waals surface area contributed by atoms with Crippen LogP contribution in [0.2, 0.25) is 0 Å². The Morgan fingerprint density at radius 3 is 2.54 bits per heavy atom. The van der Waals surface area contributed by atoms with E-state index in [2.05, 4.69) is 10.0 Å². The van der Waals surface area contributed by atoms with Crippen LogP contribution in [0.4, 0.5) is 5.69 Å². The van der Waals surface area contributed by atoms with Crippen LogP contribution in [0.25, 0.3) is 0 Å². The number of hydrogen-bond acceptors (Lipinski definition) is 4. The Kier molecular flexibility index (Phi) is 5.14. The first-order valence-corrected chi connectivity index (χ1v) is 11.0. The molecule has 0 aliphatic carbocycles. The molecule has 3 rings (SSSR count). The maximum Gasteiger partial charge on any atom is 0.251 e. The first-order valence-electron chi connectivity index (χ1n) is 9.12. The van der Waals surface area contributed by atoms with Crippen molar-refractivity contribution in [3.63, 3.8) is 0 Å². The van der Waals surface area contributed by atoms with Crippen molar-refractivity contribution in [2.45, 2.75) is 45.8 Å². The van der Waals surface area contributed by atoms with Crippen LogP contribution in [0.15, 0.2) is 36.4 Å². The first-order chi connectivity index (χ1) is 12.9. The maximum atomic E-state index is 12.9. The number of carbonyl (C=O) groups excluding carboxylic acids is 1. The van der Waals surface area contributed by atoms with Crippen molar-refractivity contribution in [1.29, 1.82) is 0 Å². The van der Waals surface area contributed by atoms with E-state index < -0.39 is 15.6 Å². The molecule has 6 nitrogen and oxygen atoms in total. The molecular weight excluding hydrogens is 376 g/mol. The Morgan fingerprint density at radius 1 is 1.14 bits per heavy atom. The summed E-state index contributed by atoms with van der Waals surface area (Å²) in [5, 5.41) is 3.08. The zero-order chi connectivity index (χ0) is 20.7. The lowest BCUT2D eigenvalue weighted by Gasteiger charge is -2.38. The fraction of sp³-hybridized carbons (Fsp3) is 0.381. The van der Waals surface area contributed by atoms with Gasteiger partial charge in [0.25, 0.3) is 5.91 Å². The van der Waals surface area contributed by atoms with Crippen LogP contribution in [-0.2, 0) is 10.0 Å². The summed E-state index contributed by atoms with van der Waals surface area (Å²) in [6, 6.07) is 10.8. The molecule has 0 aromatic heterocycles. The van der Waals surface area contributed by atoms with Crippen molar-refractivity contribution < 1.29 is 17.9 Å². The van der Waals surface area contributed by atoms with E-state index in [1.54, 1.807) is 25.1 Å². The molecule has 0 spiro atoms. The zero-order valence-corrected chi connectivity index (χ0v) is 17.6. The third-order valence-electron chi connectivity index (χ3n) is 4.73. The molecular formula is C21H26N2O4S. The minimum absolute atomic E-state index is 0.195. The van der Waals surface area contributed by atoms with Crippen LogP contribution in [0.1, 0.15) is 53.4 Å². The van der Waals surface area contributed by atoms with Crippen LogP contribution in [0, 0.1) is 13.8 Å². The van der Waals surface area contributed by atoms with Crippen LogP contribution < -0.4 is 14.8 Å². The quantitative estimate of drug-likeness (QED) is 0.817. The second-order valence-corrected chi connectivity index (χ2v) is 9.79. The molecule has 7 heteroatoms. The topological polar surface area (TPSA) is 84.5 Å². The Balaban J connectivity index is 1.88. The molecule has 2 aromatic rings. The number of sulfonamides is 1. The van der Waals surface area contributed by atoms with E-state index in [9.17, 15) is 13.2 Å². The third kappa shape index (κ3) is 4.65. The summed E-state index contributed by atoms with van der Waals surface area (Å²) < 4.78 is 31.7. The summed E-state index contributed by atoms with van der Waals surface area (Å²) in [7, 11) is -3.43. The average molecular weight is 403 g/mol. The molecule has 0 unspecified atom stereocenters. The van der Waals surface area contributed by atoms with E-state index in [1.165, 1.54) is 0 Å². The third-order valence-corrected chi connectivity index (χ3v) is 5.32. The van der Waals surface area contributed by atoms with Gasteiger partial charge in [-0.2, -0.15) is 0 Å². The number of anilines is 1. The van der Waals surface area contributed by atoms with E-state index in [-0.39, 0.29) is 11.9 Å². The van der Waals surface area contributed by atoms with Crippen LogP contribution in [0.3, 0.4) is 0 Å². The second kappa shape index (κ2) is 7.13. The number of nitrogens with one attached hydrogen (secondary N) is 2. The molecule has 0 bridgehead atoms. The van der Waals surface area contributed by atoms with Crippen LogP contribution >= 0.6 is 0 Å².